The summed E-state index contributed by atoms with van der Waals surface area (Å²) in [5.74, 6) is 0.835. The maximum Gasteiger partial charge on any atom is 0.236 e. The first-order chi connectivity index (χ1) is 12.5. The van der Waals surface area contributed by atoms with E-state index < -0.39 is 0 Å². The minimum atomic E-state index is 0.137. The molecule has 5 nitrogen and oxygen atoms in total. The van der Waals surface area contributed by atoms with Crippen molar-refractivity contribution in [1.29, 1.82) is 0 Å². The van der Waals surface area contributed by atoms with Crippen LogP contribution in [0.25, 0.3) is 0 Å². The number of fused-ring (bicyclic) bond motifs is 4. The third kappa shape index (κ3) is 4.60. The first-order valence-corrected chi connectivity index (χ1v) is 10.5. The van der Waals surface area contributed by atoms with E-state index >= 15 is 0 Å². The molecule has 0 unspecified atom stereocenters. The lowest BCUT2D eigenvalue weighted by atomic mass is 9.94. The number of piperidine rings is 1. The second-order valence-electron chi connectivity index (χ2n) is 7.65. The van der Waals surface area contributed by atoms with Crippen molar-refractivity contribution in [2.45, 2.75) is 30.2 Å². The van der Waals surface area contributed by atoms with Crippen molar-refractivity contribution < 1.29 is 9.59 Å². The van der Waals surface area contributed by atoms with Crippen molar-refractivity contribution in [3.63, 3.8) is 0 Å². The molecule has 2 atom stereocenters. The van der Waals surface area contributed by atoms with Gasteiger partial charge < -0.3 is 9.80 Å². The molecule has 0 spiro atoms. The van der Waals surface area contributed by atoms with Crippen molar-refractivity contribution in [3.05, 3.63) is 29.8 Å². The summed E-state index contributed by atoms with van der Waals surface area (Å²) in [5.41, 5.74) is 1.08. The molecule has 4 rings (SSSR count). The predicted octanol–water partition coefficient (Wildman–Crippen LogP) is 1.96. The summed E-state index contributed by atoms with van der Waals surface area (Å²) in [6, 6.07) is 8.51. The van der Waals surface area contributed by atoms with Crippen molar-refractivity contribution >= 4 is 23.6 Å². The van der Waals surface area contributed by atoms with Crippen LogP contribution in [0.15, 0.2) is 29.2 Å². The average Bonchev–Trinajstić information content (AvgIpc) is 2.92. The van der Waals surface area contributed by atoms with Crippen molar-refractivity contribution in [2.75, 3.05) is 46.5 Å². The molecule has 3 aliphatic heterocycles. The Balaban J connectivity index is 1.63. The van der Waals surface area contributed by atoms with Crippen LogP contribution in [0.3, 0.4) is 0 Å². The van der Waals surface area contributed by atoms with E-state index in [0.29, 0.717) is 18.9 Å². The molecule has 3 aliphatic rings. The third-order valence-corrected chi connectivity index (χ3v) is 6.23. The summed E-state index contributed by atoms with van der Waals surface area (Å²) in [7, 11) is 3.60. The molecule has 3 fully saturated rings. The van der Waals surface area contributed by atoms with Gasteiger partial charge in [0.1, 0.15) is 0 Å². The van der Waals surface area contributed by atoms with E-state index in [9.17, 15) is 9.59 Å². The van der Waals surface area contributed by atoms with Gasteiger partial charge in [0, 0.05) is 44.7 Å². The summed E-state index contributed by atoms with van der Waals surface area (Å²) in [4.78, 5) is 32.2. The number of likely N-dealkylation sites (N-methyl/N-ethyl adjacent to an activating group) is 1. The Labute approximate surface area is 160 Å². The minimum absolute atomic E-state index is 0.137. The molecule has 2 bridgehead atoms. The first-order valence-electron chi connectivity index (χ1n) is 9.31. The van der Waals surface area contributed by atoms with Gasteiger partial charge in [0.25, 0.3) is 0 Å². The lowest BCUT2D eigenvalue weighted by Crippen LogP contribution is -2.48. The number of carbonyl (C=O) groups is 2. The Kier molecular flexibility index (Phi) is 6.24. The van der Waals surface area contributed by atoms with Crippen LogP contribution in [-0.2, 0) is 16.0 Å². The predicted molar refractivity (Wildman–Crippen MR) is 105 cm³/mol. The fourth-order valence-corrected chi connectivity index (χ4v) is 4.37. The second kappa shape index (κ2) is 8.44. The van der Waals surface area contributed by atoms with Crippen LogP contribution in [0, 0.1) is 5.92 Å². The largest absolute Gasteiger partial charge is 0.348 e. The van der Waals surface area contributed by atoms with Crippen LogP contribution in [0.4, 0.5) is 0 Å². The Morgan fingerprint density at radius 2 is 1.85 bits per heavy atom. The van der Waals surface area contributed by atoms with E-state index in [1.54, 1.807) is 30.8 Å². The highest BCUT2D eigenvalue weighted by atomic mass is 32.2. The maximum absolute atomic E-state index is 12.9. The maximum atomic E-state index is 12.9. The lowest BCUT2D eigenvalue weighted by Gasteiger charge is -2.36. The molecule has 2 amide bonds. The third-order valence-electron chi connectivity index (χ3n) is 5.48. The summed E-state index contributed by atoms with van der Waals surface area (Å²) >= 11 is 1.71. The van der Waals surface area contributed by atoms with Crippen molar-refractivity contribution in [1.82, 2.24) is 14.7 Å². The van der Waals surface area contributed by atoms with Gasteiger partial charge in [-0.1, -0.05) is 12.1 Å². The number of amides is 2. The van der Waals surface area contributed by atoms with Crippen LogP contribution < -0.4 is 0 Å². The Hall–Kier alpha value is -1.53. The second-order valence-corrected chi connectivity index (χ2v) is 8.53. The van der Waals surface area contributed by atoms with E-state index in [2.05, 4.69) is 40.3 Å². The van der Waals surface area contributed by atoms with Gasteiger partial charge in [-0.2, -0.15) is 0 Å². The van der Waals surface area contributed by atoms with E-state index in [1.807, 2.05) is 0 Å². The molecule has 6 heteroatoms. The highest BCUT2D eigenvalue weighted by Crippen LogP contribution is 2.28. The van der Waals surface area contributed by atoms with Crippen LogP contribution in [-0.4, -0.2) is 79.1 Å². The molecule has 0 saturated carbocycles. The normalized spacial score (nSPS) is 23.0. The van der Waals surface area contributed by atoms with Gasteiger partial charge >= 0.3 is 0 Å². The fourth-order valence-electron chi connectivity index (χ4n) is 3.97. The van der Waals surface area contributed by atoms with Crippen LogP contribution in [0.1, 0.15) is 18.4 Å². The van der Waals surface area contributed by atoms with E-state index in [-0.39, 0.29) is 17.9 Å². The molecule has 1 aromatic rings. The van der Waals surface area contributed by atoms with Gasteiger partial charge in [0.15, 0.2) is 0 Å². The molecule has 0 radical (unpaired) electrons. The molecule has 26 heavy (non-hydrogen) atoms. The summed E-state index contributed by atoms with van der Waals surface area (Å²) in [6.45, 7) is 3.02. The van der Waals surface area contributed by atoms with Crippen LogP contribution in [0.5, 0.6) is 0 Å². The molecule has 0 aliphatic carbocycles. The van der Waals surface area contributed by atoms with Gasteiger partial charge in [-0.15, -0.1) is 11.8 Å². The zero-order chi connectivity index (χ0) is 18.7. The lowest BCUT2D eigenvalue weighted by molar-refractivity contribution is -0.134. The highest BCUT2D eigenvalue weighted by Gasteiger charge is 2.37. The van der Waals surface area contributed by atoms with Gasteiger partial charge in [-0.3, -0.25) is 14.5 Å². The summed E-state index contributed by atoms with van der Waals surface area (Å²) in [6.07, 6.45) is 4.73. The zero-order valence-electron chi connectivity index (χ0n) is 16.0. The molecule has 3 saturated heterocycles. The molecule has 142 valence electrons. The quantitative estimate of drug-likeness (QED) is 0.738. The number of thioether (sulfide) groups is 1. The van der Waals surface area contributed by atoms with E-state index in [1.165, 1.54) is 4.90 Å². The zero-order valence-corrected chi connectivity index (χ0v) is 16.8. The standard InChI is InChI=1S/C20H29N3O2S/c1-21(2)20(25)14-22-11-16-4-7-17(13-22)23(12-16)19(24)10-15-5-8-18(26-3)9-6-15/h5-6,8-9,16-17H,4,7,10-14H2,1-3H3/t16-,17+/m1/s1. The Morgan fingerprint density at radius 3 is 2.50 bits per heavy atom. The smallest absolute Gasteiger partial charge is 0.236 e. The Bertz CT molecular complexity index is 647. The molecule has 3 heterocycles. The number of hydrogen-bond donors (Lipinski definition) is 0. The van der Waals surface area contributed by atoms with Gasteiger partial charge in [-0.05, 0) is 42.7 Å². The van der Waals surface area contributed by atoms with E-state index in [0.717, 1.165) is 38.0 Å². The number of rotatable bonds is 5. The number of nitrogens with zero attached hydrogens (tertiary/aromatic N) is 3. The number of carbonyl (C=O) groups excluding carboxylic acids is 2. The number of benzene rings is 1. The summed E-state index contributed by atoms with van der Waals surface area (Å²) < 4.78 is 0. The van der Waals surface area contributed by atoms with E-state index in [4.69, 9.17) is 0 Å². The van der Waals surface area contributed by atoms with Gasteiger partial charge in [-0.25, -0.2) is 0 Å². The summed E-state index contributed by atoms with van der Waals surface area (Å²) in [5, 5.41) is 0. The molecule has 0 N–H and O–H groups in total. The Morgan fingerprint density at radius 1 is 1.12 bits per heavy atom. The monoisotopic (exact) mass is 375 g/mol. The molecule has 1 aromatic carbocycles. The van der Waals surface area contributed by atoms with Gasteiger partial charge in [0.05, 0.1) is 13.0 Å². The van der Waals surface area contributed by atoms with Crippen molar-refractivity contribution in [2.24, 2.45) is 5.92 Å². The van der Waals surface area contributed by atoms with Crippen LogP contribution in [0.2, 0.25) is 0 Å². The molecular formula is C20H29N3O2S. The molecular weight excluding hydrogens is 346 g/mol. The van der Waals surface area contributed by atoms with Crippen LogP contribution >= 0.6 is 11.8 Å². The fraction of sp³-hybridized carbons (Fsp3) is 0.600. The van der Waals surface area contributed by atoms with Gasteiger partial charge in [0.2, 0.25) is 11.8 Å². The SMILES string of the molecule is CSc1ccc(CC(=O)N2C[C@@H]3CC[C@H]2CN(CC(=O)N(C)C)C3)cc1. The minimum Gasteiger partial charge on any atom is -0.348 e. The average molecular weight is 376 g/mol. The number of hydrogen-bond acceptors (Lipinski definition) is 4. The highest BCUT2D eigenvalue weighted by molar-refractivity contribution is 7.98. The molecule has 0 aromatic heterocycles. The first kappa shape index (κ1) is 19.2. The van der Waals surface area contributed by atoms with Crippen molar-refractivity contribution in [3.8, 4) is 0 Å². The topological polar surface area (TPSA) is 43.9 Å².